The van der Waals surface area contributed by atoms with Crippen LogP contribution in [0.4, 0.5) is 0 Å². The maximum atomic E-state index is 2.97. The fourth-order valence-electron chi connectivity index (χ4n) is 43.4. The SMILES string of the molecule is C[Si](C)(C)CC1C=C2c3ccc4c5ccc6c7ccc8c9c%10c%11c%12c%13c%14c(c3c4c3c5c6c4c7c8c%10c%13c4c%143)C2(C[Si](C)(C)C)C%12=C1C%11C(C[Si](C)(C)C)C=9.C[Si](C)(C)CC1CC2C3CCC4C5CCC6C7CCC8C9CCC%10C%11C9C9C8C7C7C6C5C5C4C3C3C4C5C7C9C4C%11C(C1%10)C23C[Si](C)(C)C. The predicted octanol–water partition coefficient (Wildman–Crippen LogP) is 25.4. The van der Waals surface area contributed by atoms with Crippen molar-refractivity contribution in [2.75, 3.05) is 0 Å². The third-order valence-electron chi connectivity index (χ3n) is 41.6. The molecular formula is C100H114Si5. The van der Waals surface area contributed by atoms with Gasteiger partial charge in [0.2, 0.25) is 0 Å². The van der Waals surface area contributed by atoms with E-state index in [1.54, 1.807) is 189 Å². The van der Waals surface area contributed by atoms with E-state index in [-0.39, 0.29) is 5.41 Å². The van der Waals surface area contributed by atoms with Gasteiger partial charge in [-0.05, 0) is 411 Å². The van der Waals surface area contributed by atoms with E-state index in [4.69, 9.17) is 0 Å². The van der Waals surface area contributed by atoms with Crippen LogP contribution in [-0.4, -0.2) is 40.4 Å². The maximum absolute atomic E-state index is 2.97. The lowest BCUT2D eigenvalue weighted by molar-refractivity contribution is -0.189. The molecule has 0 amide bonds. The first-order valence-electron chi connectivity index (χ1n) is 45.5. The van der Waals surface area contributed by atoms with Crippen LogP contribution in [-0.2, 0) is 5.41 Å². The number of hydrogen-bond donors (Lipinski definition) is 0. The zero-order valence-corrected chi connectivity index (χ0v) is 71.1. The second kappa shape index (κ2) is 16.7. The van der Waals surface area contributed by atoms with Crippen LogP contribution < -0.4 is 5.22 Å². The van der Waals surface area contributed by atoms with Gasteiger partial charge in [0, 0.05) is 51.7 Å². The van der Waals surface area contributed by atoms with Crippen LogP contribution in [0.2, 0.25) is 128 Å². The van der Waals surface area contributed by atoms with Gasteiger partial charge in [-0.25, -0.2) is 0 Å². The first-order valence-corrected chi connectivity index (χ1v) is 64.0. The highest BCUT2D eigenvalue weighted by Gasteiger charge is 2.91. The molecule has 35 atom stereocenters. The summed E-state index contributed by atoms with van der Waals surface area (Å²) in [6.45, 7) is 41.1. The van der Waals surface area contributed by atoms with Crippen molar-refractivity contribution in [2.45, 2.75) is 198 Å². The largest absolute Gasteiger partial charge is 0.0725 e. The summed E-state index contributed by atoms with van der Waals surface area (Å²) in [5.41, 5.74) is 13.2. The molecule has 0 radical (unpaired) electrons. The molecule has 534 valence electrons. The molecular weight excluding hydrogens is 1340 g/mol. The summed E-state index contributed by atoms with van der Waals surface area (Å²) in [7, 11) is -6.92. The van der Waals surface area contributed by atoms with Crippen LogP contribution in [0.15, 0.2) is 48.0 Å². The second-order valence-corrected chi connectivity index (χ2v) is 78.0. The molecule has 11 aromatic carbocycles. The molecule has 0 bridgehead atoms. The number of hydrogen-bond acceptors (Lipinski definition) is 0. The van der Waals surface area contributed by atoms with E-state index in [0.29, 0.717) is 17.8 Å². The Morgan fingerprint density at radius 1 is 0.343 bits per heavy atom. The van der Waals surface area contributed by atoms with Gasteiger partial charge >= 0.3 is 0 Å². The minimum atomic E-state index is -1.63. The van der Waals surface area contributed by atoms with Gasteiger partial charge < -0.3 is 0 Å². The molecule has 5 heteroatoms. The summed E-state index contributed by atoms with van der Waals surface area (Å²) in [4.78, 5) is 0. The molecule has 0 spiro atoms. The molecule has 11 aromatic rings. The summed E-state index contributed by atoms with van der Waals surface area (Å²) in [5, 5.41) is 33.8. The Kier molecular flexibility index (Phi) is 9.44. The lowest BCUT2D eigenvalue weighted by Crippen LogP contribution is -2.64. The van der Waals surface area contributed by atoms with Gasteiger partial charge in [-0.3, -0.25) is 0 Å². The first kappa shape index (κ1) is 59.2. The highest BCUT2D eigenvalue weighted by molar-refractivity contribution is 6.78. The first-order chi connectivity index (χ1) is 50.3. The van der Waals surface area contributed by atoms with Crippen LogP contribution in [0, 0.1) is 195 Å². The van der Waals surface area contributed by atoms with Crippen molar-refractivity contribution < 1.29 is 0 Å². The Morgan fingerprint density at radius 2 is 0.771 bits per heavy atom. The Bertz CT molecular complexity index is 6100. The molecule has 0 nitrogen and oxygen atoms in total. The van der Waals surface area contributed by atoms with Crippen LogP contribution in [0.25, 0.3) is 125 Å². The minimum absolute atomic E-state index is 0.0418. The molecule has 105 heavy (non-hydrogen) atoms. The normalized spacial score (nSPS) is 49.0. The maximum Gasteiger partial charge on any atom is 0.0458 e. The van der Waals surface area contributed by atoms with Gasteiger partial charge in [0.25, 0.3) is 0 Å². The summed E-state index contributed by atoms with van der Waals surface area (Å²) in [5.74, 6) is 38.2. The monoisotopic (exact) mass is 1450 g/mol. The van der Waals surface area contributed by atoms with Gasteiger partial charge in [-0.15, -0.1) is 0 Å². The highest BCUT2D eigenvalue weighted by atomic mass is 28.3. The lowest BCUT2D eigenvalue weighted by atomic mass is 9.39. The highest BCUT2D eigenvalue weighted by Crippen LogP contribution is 2.96. The van der Waals surface area contributed by atoms with Gasteiger partial charge in [0.1, 0.15) is 0 Å². The molecule has 16 saturated carbocycles. The van der Waals surface area contributed by atoms with E-state index in [0.717, 1.165) is 11.3 Å². The Balaban J connectivity index is 0.000000109. The average Bonchev–Trinajstić information content (AvgIpc) is 1.44. The Labute approximate surface area is 628 Å². The average molecular weight is 1460 g/mol. The summed E-state index contributed by atoms with van der Waals surface area (Å²) >= 11 is 0. The van der Waals surface area contributed by atoms with E-state index < -0.39 is 40.4 Å². The molecule has 0 aliphatic heterocycles. The molecule has 35 unspecified atom stereocenters. The standard InChI is InChI=1S/C52H44Si3.C48H70Si2/c1-53(2,3)18-21-16-29-27-13-12-24-23-10-11-25-26-14-15-28-30-17-22(19-54(4,5)6)32-31(21)40-38(29)43-36(27)35(24)41-33(23)34(25)42-37(26)39(28)51-49-46(42)44(41)45(43)47(49)48(40)50(32)52(30,51)20-55(7,8)9;1-49(2,3)16-18-15-27-25-13-11-24-22-10-9-20-19-7-8-21-23-12-14-26-28(18)46-44-35(26)33(23)38-30(21)29(19)37-31(20)32(22)39-34(24)36(25)47(48(27,46)17-50(4,5)6)45-42(39)40(37)41(38)43(44)45/h10-17,21-22,31H,18-20H2,1-9H3;18-47H,7-17H2,1-6H3. The van der Waals surface area contributed by atoms with Crippen molar-refractivity contribution in [3.05, 3.63) is 75.5 Å². The van der Waals surface area contributed by atoms with Crippen molar-refractivity contribution in [1.82, 2.24) is 0 Å². The number of rotatable bonds is 10. The van der Waals surface area contributed by atoms with E-state index >= 15 is 0 Å². The number of fused-ring (bicyclic) bond motifs is 10. The molecule has 21 aliphatic carbocycles. The third kappa shape index (κ3) is 5.66. The molecule has 32 rings (SSSR count). The van der Waals surface area contributed by atoms with Crippen molar-refractivity contribution in [3.63, 3.8) is 0 Å². The van der Waals surface area contributed by atoms with E-state index in [9.17, 15) is 0 Å². The van der Waals surface area contributed by atoms with Gasteiger partial charge in [0.15, 0.2) is 0 Å². The number of benzene rings is 7. The summed E-state index contributed by atoms with van der Waals surface area (Å²) in [6, 6.07) is 22.9. The molecule has 16 fully saturated rings. The van der Waals surface area contributed by atoms with E-state index in [2.05, 4.69) is 147 Å². The molecule has 21 aliphatic rings. The fourth-order valence-corrected chi connectivity index (χ4v) is 53.6. The van der Waals surface area contributed by atoms with Crippen molar-refractivity contribution in [1.29, 1.82) is 0 Å². The Morgan fingerprint density at radius 3 is 1.34 bits per heavy atom. The smallest absolute Gasteiger partial charge is 0.0458 e. The number of allylic oxidation sites excluding steroid dienone is 4. The van der Waals surface area contributed by atoms with E-state index in [1.165, 1.54) is 211 Å². The van der Waals surface area contributed by atoms with Crippen LogP contribution in [0.1, 0.15) is 86.0 Å². The lowest BCUT2D eigenvalue weighted by Gasteiger charge is -2.68. The molecule has 0 N–H and O–H groups in total. The topological polar surface area (TPSA) is 0 Å². The molecule has 0 heterocycles. The predicted molar refractivity (Wildman–Crippen MR) is 455 cm³/mol. The van der Waals surface area contributed by atoms with Crippen molar-refractivity contribution in [3.8, 4) is 0 Å². The molecule has 0 aromatic heterocycles. The fraction of sp³-hybridized carbons (Fsp3) is 0.640. The van der Waals surface area contributed by atoms with Crippen molar-refractivity contribution in [2.24, 2.45) is 195 Å². The van der Waals surface area contributed by atoms with Crippen LogP contribution in [0.3, 0.4) is 0 Å². The minimum Gasteiger partial charge on any atom is -0.0725 e. The van der Waals surface area contributed by atoms with Gasteiger partial charge in [-0.2, -0.15) is 0 Å². The zero-order valence-electron chi connectivity index (χ0n) is 66.1. The second-order valence-electron chi connectivity index (χ2n) is 50.5. The molecule has 0 saturated heterocycles. The van der Waals surface area contributed by atoms with Crippen LogP contribution >= 0.6 is 0 Å². The zero-order chi connectivity index (χ0) is 69.3. The van der Waals surface area contributed by atoms with Gasteiger partial charge in [0.05, 0.1) is 0 Å². The third-order valence-corrected chi connectivity index (χ3v) is 50.0. The van der Waals surface area contributed by atoms with Gasteiger partial charge in [-0.1, -0.05) is 170 Å². The Hall–Kier alpha value is -3.60. The summed E-state index contributed by atoms with van der Waals surface area (Å²) in [6.07, 6.45) is 21.4. The summed E-state index contributed by atoms with van der Waals surface area (Å²) < 4.78 is 0. The quantitative estimate of drug-likeness (QED) is 0.0946. The van der Waals surface area contributed by atoms with E-state index in [1.807, 2.05) is 11.1 Å². The van der Waals surface area contributed by atoms with Crippen LogP contribution in [0.5, 0.6) is 0 Å². The van der Waals surface area contributed by atoms with Crippen molar-refractivity contribution >= 4 is 165 Å².